The Kier molecular flexibility index (Phi) is 46.1. The SMILES string of the molecule is CC\C=C/C=C/C=C/C=C\C=C\C=C\CCCCCC(=O)OCC(O)COP(=O)(O)OCC(O)COP(=O)(O)OCC(O)COC(=O)CCCCCCCCCCCCC/C=C\C/C=C\CCCCC. The molecule has 0 aliphatic rings. The Hall–Kier alpha value is -3.04. The smallest absolute Gasteiger partial charge is 0.463 e. The average molecular weight is 1030 g/mol. The van der Waals surface area contributed by atoms with Crippen molar-refractivity contribution in [3.8, 4) is 0 Å². The number of phosphoric acid groups is 2. The summed E-state index contributed by atoms with van der Waals surface area (Å²) in [6.07, 6.45) is 52.5. The lowest BCUT2D eigenvalue weighted by Crippen LogP contribution is -2.25. The summed E-state index contributed by atoms with van der Waals surface area (Å²) in [4.78, 5) is 43.8. The van der Waals surface area contributed by atoms with Crippen LogP contribution in [0, 0.1) is 0 Å². The lowest BCUT2D eigenvalue weighted by atomic mass is 10.0. The van der Waals surface area contributed by atoms with E-state index in [1.807, 2.05) is 66.8 Å². The van der Waals surface area contributed by atoms with Gasteiger partial charge in [0.05, 0.1) is 26.4 Å². The average Bonchev–Trinajstić information content (AvgIpc) is 3.34. The van der Waals surface area contributed by atoms with Gasteiger partial charge in [-0.05, 0) is 64.2 Å². The molecule has 5 N–H and O–H groups in total. The fourth-order valence-electron chi connectivity index (χ4n) is 6.21. The maximum absolute atomic E-state index is 12.2. The van der Waals surface area contributed by atoms with Crippen LogP contribution in [-0.2, 0) is 46.3 Å². The molecular formula is C53H90O15P2. The topological polar surface area (TPSA) is 225 Å². The molecule has 5 atom stereocenters. The predicted octanol–water partition coefficient (Wildman–Crippen LogP) is 12.3. The van der Waals surface area contributed by atoms with E-state index in [1.165, 1.54) is 70.6 Å². The summed E-state index contributed by atoms with van der Waals surface area (Å²) in [7, 11) is -9.60. The maximum atomic E-state index is 12.2. The summed E-state index contributed by atoms with van der Waals surface area (Å²) < 4.78 is 53.0. The first-order chi connectivity index (χ1) is 33.8. The molecule has 0 saturated heterocycles. The number of carbonyl (C=O) groups is 2. The molecule has 15 nitrogen and oxygen atoms in total. The minimum atomic E-state index is -4.80. The molecule has 0 fully saturated rings. The van der Waals surface area contributed by atoms with Crippen molar-refractivity contribution < 1.29 is 71.4 Å². The molecule has 0 aliphatic heterocycles. The highest BCUT2D eigenvalue weighted by atomic mass is 31.2. The van der Waals surface area contributed by atoms with Crippen molar-refractivity contribution in [1.82, 2.24) is 0 Å². The van der Waals surface area contributed by atoms with Gasteiger partial charge in [0, 0.05) is 12.8 Å². The third kappa shape index (κ3) is 49.9. The second-order valence-corrected chi connectivity index (χ2v) is 19.9. The number of unbranched alkanes of at least 4 members (excludes halogenated alkanes) is 17. The van der Waals surface area contributed by atoms with E-state index < -0.39 is 85.5 Å². The van der Waals surface area contributed by atoms with Crippen LogP contribution in [-0.4, -0.2) is 95.0 Å². The highest BCUT2D eigenvalue weighted by molar-refractivity contribution is 7.47. The standard InChI is InChI=1S/C53H90O15P2/c1-3-5-7-9-11-13-15-17-19-21-22-23-24-26-28-30-32-34-36-38-40-42-53(58)64-44-50(55)46-66-70(61,62)68-48-51(56)47-67-69(59,60)65-45-49(54)43-63-52(57)41-39-37-35-33-31-29-27-25-20-18-16-14-12-10-8-6-4-2/h6,8,10-14,16-20,25,27,29,31,49-51,54-56H,3-5,7,9,15,21-24,26,28,30,32-48H2,1-2H3,(H,59,60)(H,61,62)/b8-6-,12-10+,13-11-,16-14+,19-17-,20-18-,27-25+,31-29+. The van der Waals surface area contributed by atoms with E-state index in [4.69, 9.17) is 14.0 Å². The number of hydrogen-bond donors (Lipinski definition) is 5. The van der Waals surface area contributed by atoms with Gasteiger partial charge < -0.3 is 34.6 Å². The van der Waals surface area contributed by atoms with Crippen LogP contribution in [0.2, 0.25) is 0 Å². The zero-order valence-electron chi connectivity index (χ0n) is 42.4. The van der Waals surface area contributed by atoms with Crippen LogP contribution in [0.5, 0.6) is 0 Å². The highest BCUT2D eigenvalue weighted by Crippen LogP contribution is 2.45. The Balaban J connectivity index is 3.91. The number of aliphatic hydroxyl groups is 3. The molecule has 70 heavy (non-hydrogen) atoms. The van der Waals surface area contributed by atoms with E-state index in [0.717, 1.165) is 57.8 Å². The largest absolute Gasteiger partial charge is 0.472 e. The Labute approximate surface area is 420 Å². The first-order valence-corrected chi connectivity index (χ1v) is 28.7. The van der Waals surface area contributed by atoms with Gasteiger partial charge in [-0.15, -0.1) is 0 Å². The Morgan fingerprint density at radius 2 is 0.714 bits per heavy atom. The van der Waals surface area contributed by atoms with Gasteiger partial charge in [0.2, 0.25) is 0 Å². The molecule has 0 rings (SSSR count). The van der Waals surface area contributed by atoms with Gasteiger partial charge in [0.1, 0.15) is 31.5 Å². The van der Waals surface area contributed by atoms with E-state index in [9.17, 15) is 43.8 Å². The van der Waals surface area contributed by atoms with Crippen LogP contribution in [0.3, 0.4) is 0 Å². The molecule has 0 bridgehead atoms. The minimum Gasteiger partial charge on any atom is -0.463 e. The molecule has 0 aromatic rings. The summed E-state index contributed by atoms with van der Waals surface area (Å²) >= 11 is 0. The molecule has 0 aliphatic carbocycles. The van der Waals surface area contributed by atoms with Gasteiger partial charge in [-0.1, -0.05) is 188 Å². The Bertz CT molecular complexity index is 1620. The zero-order chi connectivity index (χ0) is 51.7. The predicted molar refractivity (Wildman–Crippen MR) is 279 cm³/mol. The van der Waals surface area contributed by atoms with Crippen LogP contribution in [0.15, 0.2) is 97.2 Å². The lowest BCUT2D eigenvalue weighted by Gasteiger charge is -2.19. The van der Waals surface area contributed by atoms with Gasteiger partial charge in [0.15, 0.2) is 0 Å². The van der Waals surface area contributed by atoms with Crippen LogP contribution < -0.4 is 0 Å². The van der Waals surface area contributed by atoms with E-state index in [1.54, 1.807) is 0 Å². The van der Waals surface area contributed by atoms with Gasteiger partial charge >= 0.3 is 27.6 Å². The molecule has 0 radical (unpaired) electrons. The number of phosphoric ester groups is 2. The molecule has 402 valence electrons. The zero-order valence-corrected chi connectivity index (χ0v) is 44.2. The molecule has 17 heteroatoms. The van der Waals surface area contributed by atoms with E-state index >= 15 is 0 Å². The normalized spacial score (nSPS) is 15.7. The first kappa shape index (κ1) is 67.0. The van der Waals surface area contributed by atoms with Crippen LogP contribution in [0.1, 0.15) is 168 Å². The molecule has 0 aromatic carbocycles. The highest BCUT2D eigenvalue weighted by Gasteiger charge is 2.28. The van der Waals surface area contributed by atoms with Crippen LogP contribution in [0.25, 0.3) is 0 Å². The van der Waals surface area contributed by atoms with Crippen molar-refractivity contribution in [3.63, 3.8) is 0 Å². The molecule has 0 spiro atoms. The van der Waals surface area contributed by atoms with E-state index in [-0.39, 0.29) is 12.8 Å². The number of esters is 2. The molecule has 0 heterocycles. The van der Waals surface area contributed by atoms with Gasteiger partial charge in [-0.25, -0.2) is 9.13 Å². The van der Waals surface area contributed by atoms with E-state index in [2.05, 4.69) is 57.8 Å². The summed E-state index contributed by atoms with van der Waals surface area (Å²) in [5, 5.41) is 30.1. The second kappa shape index (κ2) is 48.2. The Morgan fingerprint density at radius 1 is 0.400 bits per heavy atom. The van der Waals surface area contributed by atoms with Crippen molar-refractivity contribution >= 4 is 27.6 Å². The number of carbonyl (C=O) groups excluding carboxylic acids is 2. The third-order valence-corrected chi connectivity index (χ3v) is 12.1. The van der Waals surface area contributed by atoms with Crippen molar-refractivity contribution in [2.45, 2.75) is 186 Å². The number of aliphatic hydroxyl groups excluding tert-OH is 3. The maximum Gasteiger partial charge on any atom is 0.472 e. The summed E-state index contributed by atoms with van der Waals surface area (Å²) in [6, 6.07) is 0. The summed E-state index contributed by atoms with van der Waals surface area (Å²) in [5.41, 5.74) is 0. The number of rotatable bonds is 48. The minimum absolute atomic E-state index is 0.140. The van der Waals surface area contributed by atoms with Crippen LogP contribution in [0.4, 0.5) is 0 Å². The number of allylic oxidation sites excluding steroid dienone is 16. The molecule has 5 unspecified atom stereocenters. The second-order valence-electron chi connectivity index (χ2n) is 17.0. The van der Waals surface area contributed by atoms with Gasteiger partial charge in [-0.3, -0.25) is 27.7 Å². The fourth-order valence-corrected chi connectivity index (χ4v) is 7.81. The fraction of sp³-hybridized carbons (Fsp3) is 0.660. The first-order valence-electron chi connectivity index (χ1n) is 25.7. The summed E-state index contributed by atoms with van der Waals surface area (Å²) in [5.74, 6) is -1.04. The van der Waals surface area contributed by atoms with Crippen molar-refractivity contribution in [3.05, 3.63) is 97.2 Å². The molecular weight excluding hydrogens is 939 g/mol. The van der Waals surface area contributed by atoms with Crippen molar-refractivity contribution in [2.24, 2.45) is 0 Å². The molecule has 0 saturated carbocycles. The van der Waals surface area contributed by atoms with E-state index in [0.29, 0.717) is 12.8 Å². The molecule has 0 aromatic heterocycles. The monoisotopic (exact) mass is 1030 g/mol. The van der Waals surface area contributed by atoms with Crippen molar-refractivity contribution in [2.75, 3.05) is 39.6 Å². The quantitative estimate of drug-likeness (QED) is 0.0126. The van der Waals surface area contributed by atoms with Crippen molar-refractivity contribution in [1.29, 1.82) is 0 Å². The van der Waals surface area contributed by atoms with Crippen LogP contribution >= 0.6 is 15.6 Å². The lowest BCUT2D eigenvalue weighted by molar-refractivity contribution is -0.148. The third-order valence-electron chi connectivity index (χ3n) is 10.2. The number of ether oxygens (including phenoxy) is 2. The Morgan fingerprint density at radius 3 is 1.11 bits per heavy atom. The molecule has 0 amide bonds. The van der Waals surface area contributed by atoms with Gasteiger partial charge in [-0.2, -0.15) is 0 Å². The summed E-state index contributed by atoms with van der Waals surface area (Å²) in [6.45, 7) is 0.185. The van der Waals surface area contributed by atoms with Gasteiger partial charge in [0.25, 0.3) is 0 Å². The number of hydrogen-bond acceptors (Lipinski definition) is 13.